The lowest BCUT2D eigenvalue weighted by Gasteiger charge is -2.33. The molecule has 5 nitrogen and oxygen atoms in total. The second-order valence-corrected chi connectivity index (χ2v) is 7.58. The van der Waals surface area contributed by atoms with Crippen molar-refractivity contribution >= 4 is 15.7 Å². The summed E-state index contributed by atoms with van der Waals surface area (Å²) in [7, 11) is -2.34. The van der Waals surface area contributed by atoms with Gasteiger partial charge in [-0.1, -0.05) is 0 Å². The number of fused-ring (bicyclic) bond motifs is 1. The van der Waals surface area contributed by atoms with Crippen LogP contribution in [0.15, 0.2) is 41.3 Å². The number of nitrogens with zero attached hydrogens (tertiary/aromatic N) is 1. The van der Waals surface area contributed by atoms with E-state index in [0.717, 1.165) is 6.07 Å². The van der Waals surface area contributed by atoms with Gasteiger partial charge in [0.25, 0.3) is 10.0 Å². The summed E-state index contributed by atoms with van der Waals surface area (Å²) < 4.78 is 45.8. The first-order valence-corrected chi connectivity index (χ1v) is 8.93. The molecule has 128 valence electrons. The summed E-state index contributed by atoms with van der Waals surface area (Å²) in [5.74, 6) is 0.0952. The molecule has 0 aliphatic carbocycles. The highest BCUT2D eigenvalue weighted by Crippen LogP contribution is 2.39. The molecule has 1 N–H and O–H groups in total. The van der Waals surface area contributed by atoms with E-state index in [0.29, 0.717) is 17.0 Å². The number of aliphatic hydroxyl groups is 1. The van der Waals surface area contributed by atoms with Crippen molar-refractivity contribution in [1.82, 2.24) is 0 Å². The van der Waals surface area contributed by atoms with Gasteiger partial charge >= 0.3 is 0 Å². The Morgan fingerprint density at radius 2 is 2.00 bits per heavy atom. The van der Waals surface area contributed by atoms with Gasteiger partial charge in [-0.2, -0.15) is 0 Å². The van der Waals surface area contributed by atoms with Crippen LogP contribution in [0.3, 0.4) is 0 Å². The molecule has 0 aromatic heterocycles. The predicted molar refractivity (Wildman–Crippen MR) is 88.2 cm³/mol. The first kappa shape index (κ1) is 16.7. The molecule has 1 heterocycles. The third kappa shape index (κ3) is 2.74. The first-order valence-electron chi connectivity index (χ1n) is 7.49. The zero-order chi connectivity index (χ0) is 17.5. The largest absolute Gasteiger partial charge is 0.497 e. The maximum atomic E-state index is 13.4. The lowest BCUT2D eigenvalue weighted by molar-refractivity contribution is 0.166. The summed E-state index contributed by atoms with van der Waals surface area (Å²) in [6.07, 6.45) is -0.476. The minimum Gasteiger partial charge on any atom is -0.497 e. The van der Waals surface area contributed by atoms with Gasteiger partial charge in [0, 0.05) is 12.1 Å². The Morgan fingerprint density at radius 3 is 2.67 bits per heavy atom. The van der Waals surface area contributed by atoms with E-state index in [9.17, 15) is 17.9 Å². The summed E-state index contributed by atoms with van der Waals surface area (Å²) in [4.78, 5) is 0.0274. The van der Waals surface area contributed by atoms with Gasteiger partial charge in [-0.05, 0) is 55.3 Å². The van der Waals surface area contributed by atoms with Gasteiger partial charge in [-0.15, -0.1) is 0 Å². The molecule has 0 saturated heterocycles. The fourth-order valence-corrected chi connectivity index (χ4v) is 4.41. The number of aliphatic hydroxyl groups excluding tert-OH is 1. The molecule has 1 aliphatic heterocycles. The van der Waals surface area contributed by atoms with Gasteiger partial charge in [0.2, 0.25) is 0 Å². The molecule has 7 heteroatoms. The van der Waals surface area contributed by atoms with Crippen molar-refractivity contribution in [2.24, 2.45) is 0 Å². The van der Waals surface area contributed by atoms with E-state index in [1.165, 1.54) is 30.5 Å². The molecule has 0 radical (unpaired) electrons. The number of halogens is 1. The Hall–Kier alpha value is -2.12. The third-order valence-corrected chi connectivity index (χ3v) is 5.99. The van der Waals surface area contributed by atoms with Crippen LogP contribution in [0, 0.1) is 12.7 Å². The number of ether oxygens (including phenoxy) is 1. The van der Waals surface area contributed by atoms with Crippen LogP contribution < -0.4 is 9.04 Å². The number of rotatable bonds is 3. The molecule has 2 aromatic carbocycles. The van der Waals surface area contributed by atoms with Crippen LogP contribution in [-0.4, -0.2) is 27.2 Å². The number of hydrogen-bond donors (Lipinski definition) is 1. The van der Waals surface area contributed by atoms with Gasteiger partial charge in [0.05, 0.1) is 23.8 Å². The van der Waals surface area contributed by atoms with Crippen molar-refractivity contribution in [2.75, 3.05) is 18.0 Å². The molecule has 24 heavy (non-hydrogen) atoms. The van der Waals surface area contributed by atoms with Crippen molar-refractivity contribution in [3.05, 3.63) is 53.3 Å². The van der Waals surface area contributed by atoms with Gasteiger partial charge in [-0.3, -0.25) is 4.31 Å². The van der Waals surface area contributed by atoms with E-state index >= 15 is 0 Å². The maximum Gasteiger partial charge on any atom is 0.264 e. The Bertz CT molecular complexity index is 882. The zero-order valence-corrected chi connectivity index (χ0v) is 14.2. The van der Waals surface area contributed by atoms with Crippen LogP contribution >= 0.6 is 0 Å². The summed E-state index contributed by atoms with van der Waals surface area (Å²) in [5, 5.41) is 10.2. The van der Waals surface area contributed by atoms with E-state index in [1.54, 1.807) is 18.2 Å². The lowest BCUT2D eigenvalue weighted by atomic mass is 10.0. The number of anilines is 1. The van der Waals surface area contributed by atoms with E-state index in [2.05, 4.69) is 0 Å². The van der Waals surface area contributed by atoms with Gasteiger partial charge in [0.1, 0.15) is 11.6 Å². The molecule has 0 bridgehead atoms. The van der Waals surface area contributed by atoms with Crippen LogP contribution in [0.2, 0.25) is 0 Å². The SMILES string of the molecule is COc1ccc2c(c1)C(O)CCN2S(=O)(=O)c1ccc(F)c(C)c1. The highest BCUT2D eigenvalue weighted by atomic mass is 32.2. The molecule has 2 aromatic rings. The predicted octanol–water partition coefficient (Wildman–Crippen LogP) is 2.78. The quantitative estimate of drug-likeness (QED) is 0.923. The van der Waals surface area contributed by atoms with Crippen LogP contribution in [0.1, 0.15) is 23.7 Å². The summed E-state index contributed by atoms with van der Waals surface area (Å²) in [6, 6.07) is 8.62. The second-order valence-electron chi connectivity index (χ2n) is 5.72. The van der Waals surface area contributed by atoms with E-state index in [4.69, 9.17) is 4.74 Å². The van der Waals surface area contributed by atoms with Gasteiger partial charge in [0.15, 0.2) is 0 Å². The fourth-order valence-electron chi connectivity index (χ4n) is 2.82. The first-order chi connectivity index (χ1) is 11.3. The average molecular weight is 351 g/mol. The van der Waals surface area contributed by atoms with Crippen LogP contribution in [-0.2, 0) is 10.0 Å². The minimum atomic E-state index is -3.84. The molecular weight excluding hydrogens is 333 g/mol. The van der Waals surface area contributed by atoms with Crippen LogP contribution in [0.5, 0.6) is 5.75 Å². The minimum absolute atomic E-state index is 0.0274. The summed E-state index contributed by atoms with van der Waals surface area (Å²) >= 11 is 0. The number of aryl methyl sites for hydroxylation is 1. The maximum absolute atomic E-state index is 13.4. The highest BCUT2D eigenvalue weighted by Gasteiger charge is 2.33. The highest BCUT2D eigenvalue weighted by molar-refractivity contribution is 7.92. The van der Waals surface area contributed by atoms with Crippen LogP contribution in [0.4, 0.5) is 10.1 Å². The van der Waals surface area contributed by atoms with Gasteiger partial charge < -0.3 is 9.84 Å². The number of methoxy groups -OCH3 is 1. The van der Waals surface area contributed by atoms with E-state index < -0.39 is 21.9 Å². The van der Waals surface area contributed by atoms with Crippen molar-refractivity contribution in [1.29, 1.82) is 0 Å². The van der Waals surface area contributed by atoms with E-state index in [-0.39, 0.29) is 23.4 Å². The monoisotopic (exact) mass is 351 g/mol. The molecule has 0 amide bonds. The normalized spacial score (nSPS) is 17.5. The molecule has 1 unspecified atom stereocenters. The number of sulfonamides is 1. The Balaban J connectivity index is 2.10. The molecule has 3 rings (SSSR count). The van der Waals surface area contributed by atoms with E-state index in [1.807, 2.05) is 0 Å². The topological polar surface area (TPSA) is 66.8 Å². The molecule has 0 saturated carbocycles. The third-order valence-electron chi connectivity index (χ3n) is 4.19. The van der Waals surface area contributed by atoms with Crippen molar-refractivity contribution in [3.8, 4) is 5.75 Å². The standard InChI is InChI=1S/C17H18FNO4S/c1-11-9-13(4-5-15(11)18)24(21,22)19-8-7-17(20)14-10-12(23-2)3-6-16(14)19/h3-6,9-10,17,20H,7-8H2,1-2H3. The summed E-state index contributed by atoms with van der Waals surface area (Å²) in [6.45, 7) is 1.67. The molecule has 0 spiro atoms. The lowest BCUT2D eigenvalue weighted by Crippen LogP contribution is -2.36. The van der Waals surface area contributed by atoms with Crippen LogP contribution in [0.25, 0.3) is 0 Å². The Labute approximate surface area is 140 Å². The van der Waals surface area contributed by atoms with Gasteiger partial charge in [-0.25, -0.2) is 12.8 Å². The van der Waals surface area contributed by atoms with Crippen molar-refractivity contribution in [2.45, 2.75) is 24.3 Å². The molecule has 0 fully saturated rings. The number of hydrogen-bond acceptors (Lipinski definition) is 4. The zero-order valence-electron chi connectivity index (χ0n) is 13.4. The molecule has 1 atom stereocenters. The summed E-state index contributed by atoms with van der Waals surface area (Å²) in [5.41, 5.74) is 1.18. The fraction of sp³-hybridized carbons (Fsp3) is 0.294. The smallest absolute Gasteiger partial charge is 0.264 e. The molecular formula is C17H18FNO4S. The van der Waals surface area contributed by atoms with Crippen molar-refractivity contribution < 1.29 is 22.7 Å². The van der Waals surface area contributed by atoms with Crippen molar-refractivity contribution in [3.63, 3.8) is 0 Å². The molecule has 1 aliphatic rings. The Morgan fingerprint density at radius 1 is 1.25 bits per heavy atom. The Kier molecular flexibility index (Phi) is 4.23. The average Bonchev–Trinajstić information content (AvgIpc) is 2.57. The number of benzene rings is 2. The second kappa shape index (κ2) is 6.07.